The molecule has 0 saturated carbocycles. The molecule has 1 aliphatic heterocycles. The summed E-state index contributed by atoms with van der Waals surface area (Å²) in [6, 6.07) is 1.50. The molecule has 1 aromatic heterocycles. The molecule has 0 unspecified atom stereocenters. The molecule has 2 rings (SSSR count). The molecule has 0 amide bonds. The van der Waals surface area contributed by atoms with Gasteiger partial charge in [-0.25, -0.2) is 9.37 Å². The van der Waals surface area contributed by atoms with Crippen molar-refractivity contribution < 1.29 is 13.5 Å². The largest absolute Gasteiger partial charge is 0.381 e. The molecule has 1 aromatic rings. The maximum Gasteiger partial charge on any atom is 0.219 e. The lowest BCUT2D eigenvalue weighted by Gasteiger charge is -2.35. The van der Waals surface area contributed by atoms with Gasteiger partial charge < -0.3 is 4.74 Å². The van der Waals surface area contributed by atoms with Gasteiger partial charge in [-0.1, -0.05) is 12.8 Å². The van der Waals surface area contributed by atoms with Gasteiger partial charge in [0.2, 0.25) is 5.95 Å². The molecule has 2 heterocycles. The fraction of sp³-hybridized carbons (Fsp3) is 0.562. The Kier molecular flexibility index (Phi) is 4.60. The fourth-order valence-corrected chi connectivity index (χ4v) is 2.70. The van der Waals surface area contributed by atoms with Crippen molar-refractivity contribution in [3.63, 3.8) is 0 Å². The van der Waals surface area contributed by atoms with Crippen LogP contribution in [0.4, 0.5) is 8.78 Å². The summed E-state index contributed by atoms with van der Waals surface area (Å²) in [7, 11) is -0.993. The van der Waals surface area contributed by atoms with Gasteiger partial charge in [0.15, 0.2) is 0 Å². The lowest BCUT2D eigenvalue weighted by molar-refractivity contribution is -0.0606. The van der Waals surface area contributed by atoms with Crippen LogP contribution in [0.2, 0.25) is 0 Å². The number of pyridine rings is 1. The SMILES string of the molecule is C[C@H]1COCC[C@@]1(F)c1cc(C#CS(C)(C)C)cnc1F. The van der Waals surface area contributed by atoms with Gasteiger partial charge in [0.1, 0.15) is 5.67 Å². The highest BCUT2D eigenvalue weighted by molar-refractivity contribution is 8.35. The van der Waals surface area contributed by atoms with Gasteiger partial charge in [0, 0.05) is 36.3 Å². The van der Waals surface area contributed by atoms with Gasteiger partial charge in [0.05, 0.1) is 6.61 Å². The average molecular weight is 313 g/mol. The Morgan fingerprint density at radius 1 is 1.43 bits per heavy atom. The highest BCUT2D eigenvalue weighted by atomic mass is 32.3. The predicted molar refractivity (Wildman–Crippen MR) is 83.8 cm³/mol. The van der Waals surface area contributed by atoms with Crippen LogP contribution in [0.5, 0.6) is 0 Å². The van der Waals surface area contributed by atoms with Crippen LogP contribution in [0.25, 0.3) is 0 Å². The van der Waals surface area contributed by atoms with E-state index >= 15 is 4.39 Å². The molecule has 1 fully saturated rings. The molecular weight excluding hydrogens is 292 g/mol. The van der Waals surface area contributed by atoms with Crippen molar-refractivity contribution in [1.29, 1.82) is 0 Å². The van der Waals surface area contributed by atoms with E-state index in [1.807, 2.05) is 0 Å². The van der Waals surface area contributed by atoms with Gasteiger partial charge in [-0.2, -0.15) is 14.4 Å². The smallest absolute Gasteiger partial charge is 0.219 e. The summed E-state index contributed by atoms with van der Waals surface area (Å²) in [6.45, 7) is 2.32. The topological polar surface area (TPSA) is 22.1 Å². The zero-order valence-electron chi connectivity index (χ0n) is 12.9. The normalized spacial score (nSPS) is 26.9. The van der Waals surface area contributed by atoms with Crippen LogP contribution in [0.1, 0.15) is 24.5 Å². The molecule has 0 spiro atoms. The monoisotopic (exact) mass is 313 g/mol. The van der Waals surface area contributed by atoms with Crippen LogP contribution in [0, 0.1) is 23.0 Å². The van der Waals surface area contributed by atoms with Gasteiger partial charge in [-0.05, 0) is 30.1 Å². The Morgan fingerprint density at radius 2 is 2.14 bits per heavy atom. The molecule has 2 atom stereocenters. The number of nitrogens with zero attached hydrogens (tertiary/aromatic N) is 1. The van der Waals surface area contributed by atoms with Gasteiger partial charge in [0.25, 0.3) is 0 Å². The van der Waals surface area contributed by atoms with Crippen LogP contribution >= 0.6 is 10.0 Å². The summed E-state index contributed by atoms with van der Waals surface area (Å²) in [5.74, 6) is 1.83. The highest BCUT2D eigenvalue weighted by Crippen LogP contribution is 2.41. The Balaban J connectivity index is 2.41. The first-order valence-electron chi connectivity index (χ1n) is 6.86. The molecular formula is C16H21F2NOS. The minimum atomic E-state index is -1.73. The molecule has 0 N–H and O–H groups in total. The second-order valence-electron chi connectivity index (χ2n) is 6.21. The van der Waals surface area contributed by atoms with E-state index in [0.717, 1.165) is 0 Å². The van der Waals surface area contributed by atoms with Crippen LogP contribution in [-0.4, -0.2) is 37.0 Å². The van der Waals surface area contributed by atoms with E-state index in [-0.39, 0.29) is 18.6 Å². The molecule has 1 aliphatic rings. The van der Waals surface area contributed by atoms with Gasteiger partial charge in [-0.3, -0.25) is 0 Å². The molecule has 116 valence electrons. The van der Waals surface area contributed by atoms with Crippen LogP contribution in [-0.2, 0) is 10.4 Å². The second kappa shape index (κ2) is 5.94. The number of hydrogen-bond acceptors (Lipinski definition) is 2. The Labute approximate surface area is 126 Å². The summed E-state index contributed by atoms with van der Waals surface area (Å²) in [4.78, 5) is 3.69. The van der Waals surface area contributed by atoms with Crippen molar-refractivity contribution in [1.82, 2.24) is 4.98 Å². The van der Waals surface area contributed by atoms with E-state index in [1.165, 1.54) is 12.3 Å². The number of rotatable bonds is 1. The Morgan fingerprint density at radius 3 is 2.76 bits per heavy atom. The molecule has 0 radical (unpaired) electrons. The summed E-state index contributed by atoms with van der Waals surface area (Å²) in [5.41, 5.74) is -1.17. The standard InChI is InChI=1S/C16H21F2NOS/c1-12-11-20-7-6-16(12,18)14-9-13(10-19-15(14)17)5-8-21(2,3)4/h9-10,12H,6-7,11H2,1-4H3/t12-,16-/m0/s1. The van der Waals surface area contributed by atoms with E-state index in [2.05, 4.69) is 34.9 Å². The Bertz CT molecular complexity index is 588. The third kappa shape index (κ3) is 3.75. The van der Waals surface area contributed by atoms with Crippen molar-refractivity contribution in [2.75, 3.05) is 32.0 Å². The molecule has 0 aliphatic carbocycles. The Hall–Kier alpha value is -1.12. The van der Waals surface area contributed by atoms with Crippen molar-refractivity contribution in [2.45, 2.75) is 19.0 Å². The minimum Gasteiger partial charge on any atom is -0.381 e. The third-order valence-electron chi connectivity index (χ3n) is 3.55. The number of aromatic nitrogens is 1. The number of ether oxygens (including phenoxy) is 1. The molecule has 2 nitrogen and oxygen atoms in total. The summed E-state index contributed by atoms with van der Waals surface area (Å²) < 4.78 is 34.5. The van der Waals surface area contributed by atoms with E-state index < -0.39 is 27.6 Å². The van der Waals surface area contributed by atoms with E-state index in [1.54, 1.807) is 6.92 Å². The minimum absolute atomic E-state index is 0.00834. The first kappa shape index (κ1) is 16.3. The molecule has 1 saturated heterocycles. The predicted octanol–water partition coefficient (Wildman–Crippen LogP) is 3.44. The summed E-state index contributed by atoms with van der Waals surface area (Å²) >= 11 is 0. The van der Waals surface area contributed by atoms with E-state index in [0.29, 0.717) is 12.2 Å². The molecule has 0 bridgehead atoms. The molecule has 0 aromatic carbocycles. The quantitative estimate of drug-likeness (QED) is 0.585. The number of hydrogen-bond donors (Lipinski definition) is 0. The van der Waals surface area contributed by atoms with Crippen LogP contribution in [0.3, 0.4) is 0 Å². The second-order valence-corrected chi connectivity index (χ2v) is 10.1. The van der Waals surface area contributed by atoms with Crippen LogP contribution < -0.4 is 0 Å². The average Bonchev–Trinajstić information content (AvgIpc) is 2.40. The maximum absolute atomic E-state index is 15.2. The first-order chi connectivity index (χ1) is 9.72. The molecule has 21 heavy (non-hydrogen) atoms. The number of halogens is 2. The zero-order chi connectivity index (χ0) is 15.7. The fourth-order valence-electron chi connectivity index (χ4n) is 2.28. The van der Waals surface area contributed by atoms with Crippen LogP contribution in [0.15, 0.2) is 12.3 Å². The van der Waals surface area contributed by atoms with Gasteiger partial charge >= 0.3 is 0 Å². The molecule has 5 heteroatoms. The number of alkyl halides is 1. The summed E-state index contributed by atoms with van der Waals surface area (Å²) in [6.07, 6.45) is 7.71. The lowest BCUT2D eigenvalue weighted by Crippen LogP contribution is -2.38. The van der Waals surface area contributed by atoms with E-state index in [9.17, 15) is 4.39 Å². The van der Waals surface area contributed by atoms with Gasteiger partial charge in [-0.15, -0.1) is 0 Å². The van der Waals surface area contributed by atoms with Crippen molar-refractivity contribution in [3.8, 4) is 11.2 Å². The maximum atomic E-state index is 15.2. The zero-order valence-corrected chi connectivity index (χ0v) is 13.7. The van der Waals surface area contributed by atoms with Crippen molar-refractivity contribution in [3.05, 3.63) is 29.3 Å². The van der Waals surface area contributed by atoms with Crippen molar-refractivity contribution in [2.24, 2.45) is 5.92 Å². The van der Waals surface area contributed by atoms with Crippen molar-refractivity contribution >= 4 is 10.0 Å². The van der Waals surface area contributed by atoms with E-state index in [4.69, 9.17) is 4.74 Å². The third-order valence-corrected chi connectivity index (χ3v) is 4.26. The highest BCUT2D eigenvalue weighted by Gasteiger charge is 2.43. The lowest BCUT2D eigenvalue weighted by atomic mass is 9.81. The summed E-state index contributed by atoms with van der Waals surface area (Å²) in [5, 5.41) is 3.14. The first-order valence-corrected chi connectivity index (χ1v) is 9.72.